The van der Waals surface area contributed by atoms with E-state index in [9.17, 15) is 18.5 Å². The second-order valence-electron chi connectivity index (χ2n) is 13.6. The Morgan fingerprint density at radius 3 is 2.37 bits per heavy atom. The Bertz CT molecular complexity index is 1400. The lowest BCUT2D eigenvalue weighted by Gasteiger charge is -2.31. The zero-order chi connectivity index (χ0) is 30.1. The molecular formula is C31H44N4O4S2. The van der Waals surface area contributed by atoms with Gasteiger partial charge in [0.2, 0.25) is 10.0 Å². The molecule has 2 fully saturated rings. The number of nitrogens with one attached hydrogen (secondary N) is 2. The number of benzene rings is 1. The van der Waals surface area contributed by atoms with Gasteiger partial charge in [-0.15, -0.1) is 11.3 Å². The van der Waals surface area contributed by atoms with E-state index in [1.165, 1.54) is 30.6 Å². The van der Waals surface area contributed by atoms with Crippen LogP contribution in [0.1, 0.15) is 108 Å². The van der Waals surface area contributed by atoms with E-state index in [0.29, 0.717) is 42.5 Å². The quantitative estimate of drug-likeness (QED) is 0.396. The first-order valence-corrected chi connectivity index (χ1v) is 16.9. The van der Waals surface area contributed by atoms with Gasteiger partial charge in [-0.2, -0.15) is 5.26 Å². The number of hydrogen-bond acceptors (Lipinski definition) is 7. The van der Waals surface area contributed by atoms with Crippen LogP contribution in [0.25, 0.3) is 10.4 Å². The molecule has 1 aliphatic carbocycles. The van der Waals surface area contributed by atoms with Gasteiger partial charge < -0.3 is 10.1 Å². The number of rotatable bonds is 7. The molecule has 0 bridgehead atoms. The largest absolute Gasteiger partial charge is 0.381 e. The highest BCUT2D eigenvalue weighted by Gasteiger charge is 2.36. The zero-order valence-electron chi connectivity index (χ0n) is 25.2. The van der Waals surface area contributed by atoms with Gasteiger partial charge >= 0.3 is 0 Å². The predicted octanol–water partition coefficient (Wildman–Crippen LogP) is 6.11. The summed E-state index contributed by atoms with van der Waals surface area (Å²) < 4.78 is 35.1. The van der Waals surface area contributed by atoms with Crippen molar-refractivity contribution < 1.29 is 17.9 Å². The minimum atomic E-state index is -3.77. The highest BCUT2D eigenvalue weighted by atomic mass is 32.2. The van der Waals surface area contributed by atoms with Gasteiger partial charge in [0.25, 0.3) is 5.91 Å². The minimum absolute atomic E-state index is 0.260. The lowest BCUT2D eigenvalue weighted by molar-refractivity contribution is 0.0531. The first-order valence-electron chi connectivity index (χ1n) is 14.6. The highest BCUT2D eigenvalue weighted by Crippen LogP contribution is 2.39. The number of hydrogen-bond donors (Lipinski definition) is 2. The fourth-order valence-electron chi connectivity index (χ4n) is 5.68. The molecule has 2 N–H and O–H groups in total. The molecule has 0 spiro atoms. The smallest absolute Gasteiger partial charge is 0.281 e. The molecule has 41 heavy (non-hydrogen) atoms. The van der Waals surface area contributed by atoms with Crippen molar-refractivity contribution in [3.05, 3.63) is 34.5 Å². The maximum absolute atomic E-state index is 13.5. The Morgan fingerprint density at radius 1 is 1.12 bits per heavy atom. The number of sulfonamides is 1. The molecule has 2 aliphatic rings. The Kier molecular flexibility index (Phi) is 9.34. The van der Waals surface area contributed by atoms with E-state index < -0.39 is 26.5 Å². The van der Waals surface area contributed by atoms with Gasteiger partial charge in [0.15, 0.2) is 5.01 Å². The molecule has 1 aromatic carbocycles. The third-order valence-corrected chi connectivity index (χ3v) is 10.8. The molecule has 0 unspecified atom stereocenters. The van der Waals surface area contributed by atoms with Crippen molar-refractivity contribution in [3.63, 3.8) is 0 Å². The molecule has 2 heterocycles. The summed E-state index contributed by atoms with van der Waals surface area (Å²) in [6, 6.07) is 7.77. The second kappa shape index (κ2) is 12.1. The van der Waals surface area contributed by atoms with Crippen LogP contribution in [-0.2, 0) is 26.6 Å². The summed E-state index contributed by atoms with van der Waals surface area (Å²) in [4.78, 5) is 19.5. The molecule has 0 radical (unpaired) electrons. The van der Waals surface area contributed by atoms with Crippen LogP contribution in [0, 0.1) is 17.2 Å². The van der Waals surface area contributed by atoms with Gasteiger partial charge in [0.1, 0.15) is 5.54 Å². The number of nitrogens with zero attached hydrogens (tertiary/aromatic N) is 2. The van der Waals surface area contributed by atoms with Gasteiger partial charge in [0, 0.05) is 31.6 Å². The first kappa shape index (κ1) is 31.6. The van der Waals surface area contributed by atoms with Crippen LogP contribution < -0.4 is 10.0 Å². The molecule has 4 rings (SSSR count). The molecule has 1 aromatic heterocycles. The van der Waals surface area contributed by atoms with Crippen LogP contribution >= 0.6 is 11.3 Å². The number of ether oxygens (including phenoxy) is 1. The van der Waals surface area contributed by atoms with E-state index in [1.807, 2.05) is 53.7 Å². The van der Waals surface area contributed by atoms with E-state index in [-0.39, 0.29) is 10.8 Å². The van der Waals surface area contributed by atoms with Crippen molar-refractivity contribution in [1.82, 2.24) is 15.0 Å². The summed E-state index contributed by atoms with van der Waals surface area (Å²) in [5.74, 6) is 0.151. The van der Waals surface area contributed by atoms with E-state index in [4.69, 9.17) is 9.72 Å². The van der Waals surface area contributed by atoms with E-state index in [0.717, 1.165) is 35.4 Å². The Balaban J connectivity index is 1.77. The Labute approximate surface area is 249 Å². The number of carbonyl (C=O) groups excluding carboxylic acids is 1. The van der Waals surface area contributed by atoms with Crippen LogP contribution in [0.15, 0.2) is 23.1 Å². The summed E-state index contributed by atoms with van der Waals surface area (Å²) >= 11 is 1.32. The summed E-state index contributed by atoms with van der Waals surface area (Å²) in [6.45, 7) is 12.4. The second-order valence-corrected chi connectivity index (χ2v) is 16.2. The first-order chi connectivity index (χ1) is 19.1. The summed E-state index contributed by atoms with van der Waals surface area (Å²) in [7, 11) is -3.77. The van der Waals surface area contributed by atoms with Crippen LogP contribution in [0.4, 0.5) is 0 Å². The standard InChI is InChI=1S/C31H44N4O4S2/c1-29(2,3)23-19-22(12-13-25(23)41(37,38)35-30(4,5)6)26-24(18-21-10-8-7-9-11-21)33-28(40-26)27(36)34-31(20-32)14-16-39-17-15-31/h12-13,19,21,35H,7-11,14-18H2,1-6H3,(H,34,36). The van der Waals surface area contributed by atoms with Crippen molar-refractivity contribution in [2.75, 3.05) is 13.2 Å². The van der Waals surface area contributed by atoms with Crippen molar-refractivity contribution in [2.45, 2.75) is 114 Å². The third kappa shape index (κ3) is 7.75. The number of aromatic nitrogens is 1. The van der Waals surface area contributed by atoms with Crippen molar-refractivity contribution >= 4 is 27.3 Å². The number of nitriles is 1. The van der Waals surface area contributed by atoms with Crippen LogP contribution in [0.2, 0.25) is 0 Å². The van der Waals surface area contributed by atoms with Crippen molar-refractivity contribution in [3.8, 4) is 16.5 Å². The predicted molar refractivity (Wildman–Crippen MR) is 162 cm³/mol. The zero-order valence-corrected chi connectivity index (χ0v) is 26.9. The van der Waals surface area contributed by atoms with Crippen LogP contribution in [0.5, 0.6) is 0 Å². The van der Waals surface area contributed by atoms with E-state index in [2.05, 4.69) is 16.1 Å². The monoisotopic (exact) mass is 600 g/mol. The molecule has 1 aliphatic heterocycles. The minimum Gasteiger partial charge on any atom is -0.381 e. The molecule has 1 amide bonds. The molecule has 0 atom stereocenters. The number of carbonyl (C=O) groups is 1. The van der Waals surface area contributed by atoms with E-state index in [1.54, 1.807) is 6.07 Å². The van der Waals surface area contributed by atoms with Crippen molar-refractivity contribution in [2.24, 2.45) is 5.92 Å². The lowest BCUT2D eigenvalue weighted by atomic mass is 9.84. The van der Waals surface area contributed by atoms with E-state index >= 15 is 0 Å². The van der Waals surface area contributed by atoms with Crippen molar-refractivity contribution in [1.29, 1.82) is 5.26 Å². The molecule has 2 aromatic rings. The molecule has 1 saturated carbocycles. The Morgan fingerprint density at radius 2 is 1.78 bits per heavy atom. The fraction of sp³-hybridized carbons (Fsp3) is 0.645. The van der Waals surface area contributed by atoms with Gasteiger partial charge in [-0.3, -0.25) is 4.79 Å². The van der Waals surface area contributed by atoms with Gasteiger partial charge in [-0.25, -0.2) is 18.1 Å². The van der Waals surface area contributed by atoms with Crippen LogP contribution in [-0.4, -0.2) is 43.6 Å². The maximum Gasteiger partial charge on any atom is 0.281 e. The lowest BCUT2D eigenvalue weighted by Crippen LogP contribution is -2.50. The van der Waals surface area contributed by atoms with Gasteiger partial charge in [-0.1, -0.05) is 58.9 Å². The summed E-state index contributed by atoms with van der Waals surface area (Å²) in [5, 5.41) is 13.2. The normalized spacial score (nSPS) is 18.6. The van der Waals surface area contributed by atoms with Crippen LogP contribution in [0.3, 0.4) is 0 Å². The number of amides is 1. The summed E-state index contributed by atoms with van der Waals surface area (Å²) in [6.07, 6.45) is 7.58. The fourth-order valence-corrected chi connectivity index (χ4v) is 8.49. The average molecular weight is 601 g/mol. The maximum atomic E-state index is 13.5. The Hall–Kier alpha value is -2.32. The number of thiazole rings is 1. The van der Waals surface area contributed by atoms with Gasteiger partial charge in [-0.05, 0) is 61.8 Å². The van der Waals surface area contributed by atoms with Gasteiger partial charge in [0.05, 0.1) is 21.5 Å². The SMILES string of the molecule is CC(C)(C)NS(=O)(=O)c1ccc(-c2sc(C(=O)NC3(C#N)CCOCC3)nc2CC2CCCCC2)cc1C(C)(C)C. The topological polar surface area (TPSA) is 121 Å². The molecule has 1 saturated heterocycles. The average Bonchev–Trinajstić information content (AvgIpc) is 3.31. The molecular weight excluding hydrogens is 556 g/mol. The molecule has 10 heteroatoms. The third-order valence-electron chi connectivity index (χ3n) is 7.79. The molecule has 8 nitrogen and oxygen atoms in total. The highest BCUT2D eigenvalue weighted by molar-refractivity contribution is 7.89. The summed E-state index contributed by atoms with van der Waals surface area (Å²) in [5.41, 5.74) is 0.404. The molecule has 224 valence electrons.